The number of rotatable bonds is 7. The Kier molecular flexibility index (Phi) is 6.84. The molecule has 28 heavy (non-hydrogen) atoms. The molecule has 2 aromatic carbocycles. The third-order valence-electron chi connectivity index (χ3n) is 3.83. The molecule has 0 unspecified atom stereocenters. The van der Waals surface area contributed by atoms with Crippen molar-refractivity contribution in [1.29, 1.82) is 0 Å². The first-order valence-corrected chi connectivity index (χ1v) is 10.6. The van der Waals surface area contributed by atoms with Gasteiger partial charge in [-0.2, -0.15) is 0 Å². The second-order valence-corrected chi connectivity index (χ2v) is 7.90. The third-order valence-corrected chi connectivity index (χ3v) is 5.96. The van der Waals surface area contributed by atoms with Crippen LogP contribution in [0.25, 0.3) is 11.3 Å². The van der Waals surface area contributed by atoms with Gasteiger partial charge in [0.2, 0.25) is 5.91 Å². The fourth-order valence-electron chi connectivity index (χ4n) is 2.52. The van der Waals surface area contributed by atoms with Crippen LogP contribution >= 0.6 is 23.1 Å². The molecule has 0 saturated carbocycles. The number of amides is 1. The van der Waals surface area contributed by atoms with Gasteiger partial charge in [0.1, 0.15) is 4.88 Å². The van der Waals surface area contributed by atoms with Gasteiger partial charge in [-0.1, -0.05) is 59.9 Å². The Labute approximate surface area is 172 Å². The standard InChI is InChI=1S/C21H20N2O3S2/c1-3-26-20(25)19-18(15-10-5-4-6-11-15)23-21(28-19)22-17(24)13-27-16-12-8-7-9-14(16)2/h4-12H,3,13H2,1-2H3,(H,22,23,24). The summed E-state index contributed by atoms with van der Waals surface area (Å²) in [4.78, 5) is 30.6. The van der Waals surface area contributed by atoms with Crippen molar-refractivity contribution in [2.75, 3.05) is 17.7 Å². The van der Waals surface area contributed by atoms with E-state index < -0.39 is 5.97 Å². The molecular formula is C21H20N2O3S2. The van der Waals surface area contributed by atoms with Crippen molar-refractivity contribution >= 4 is 40.1 Å². The molecule has 0 spiro atoms. The van der Waals surface area contributed by atoms with Crippen LogP contribution in [0, 0.1) is 6.92 Å². The van der Waals surface area contributed by atoms with E-state index in [0.717, 1.165) is 27.4 Å². The van der Waals surface area contributed by atoms with E-state index in [1.807, 2.05) is 61.5 Å². The Morgan fingerprint density at radius 1 is 1.11 bits per heavy atom. The van der Waals surface area contributed by atoms with Crippen LogP contribution in [0.4, 0.5) is 5.13 Å². The van der Waals surface area contributed by atoms with E-state index in [1.54, 1.807) is 6.92 Å². The van der Waals surface area contributed by atoms with E-state index >= 15 is 0 Å². The molecule has 1 heterocycles. The molecule has 0 atom stereocenters. The van der Waals surface area contributed by atoms with Crippen LogP contribution in [0.1, 0.15) is 22.2 Å². The molecule has 3 aromatic rings. The van der Waals surface area contributed by atoms with Gasteiger partial charge in [0.15, 0.2) is 5.13 Å². The minimum atomic E-state index is -0.436. The fraction of sp³-hybridized carbons (Fsp3) is 0.190. The van der Waals surface area contributed by atoms with Crippen LogP contribution in [0.3, 0.4) is 0 Å². The second-order valence-electron chi connectivity index (χ2n) is 5.89. The number of carbonyl (C=O) groups is 2. The van der Waals surface area contributed by atoms with Crippen molar-refractivity contribution < 1.29 is 14.3 Å². The van der Waals surface area contributed by atoms with E-state index in [9.17, 15) is 9.59 Å². The van der Waals surface area contributed by atoms with Crippen molar-refractivity contribution in [3.05, 3.63) is 65.0 Å². The number of carbonyl (C=O) groups excluding carboxylic acids is 2. The zero-order chi connectivity index (χ0) is 19.9. The first-order chi connectivity index (χ1) is 13.6. The summed E-state index contributed by atoms with van der Waals surface area (Å²) in [6.07, 6.45) is 0. The maximum absolute atomic E-state index is 12.4. The van der Waals surface area contributed by atoms with Gasteiger partial charge in [-0.05, 0) is 25.5 Å². The second kappa shape index (κ2) is 9.52. The van der Waals surface area contributed by atoms with E-state index in [0.29, 0.717) is 15.7 Å². The number of hydrogen-bond acceptors (Lipinski definition) is 6. The van der Waals surface area contributed by atoms with Crippen molar-refractivity contribution in [3.8, 4) is 11.3 Å². The zero-order valence-electron chi connectivity index (χ0n) is 15.6. The molecule has 0 radical (unpaired) electrons. The molecular weight excluding hydrogens is 392 g/mol. The van der Waals surface area contributed by atoms with Crippen LogP contribution in [-0.4, -0.2) is 29.2 Å². The SMILES string of the molecule is CCOC(=O)c1sc(NC(=O)CSc2ccccc2C)nc1-c1ccccc1. The number of aromatic nitrogens is 1. The normalized spacial score (nSPS) is 10.5. The molecule has 1 aromatic heterocycles. The molecule has 7 heteroatoms. The average molecular weight is 413 g/mol. The van der Waals surface area contributed by atoms with E-state index in [4.69, 9.17) is 4.74 Å². The van der Waals surface area contributed by atoms with E-state index in [2.05, 4.69) is 10.3 Å². The quantitative estimate of drug-likeness (QED) is 0.436. The van der Waals surface area contributed by atoms with Crippen molar-refractivity contribution in [2.45, 2.75) is 18.7 Å². The van der Waals surface area contributed by atoms with E-state index in [1.165, 1.54) is 11.8 Å². The van der Waals surface area contributed by atoms with Crippen LogP contribution in [-0.2, 0) is 9.53 Å². The monoisotopic (exact) mass is 412 g/mol. The number of nitrogens with one attached hydrogen (secondary N) is 1. The minimum Gasteiger partial charge on any atom is -0.462 e. The predicted molar refractivity (Wildman–Crippen MR) is 114 cm³/mol. The highest BCUT2D eigenvalue weighted by Crippen LogP contribution is 2.32. The highest BCUT2D eigenvalue weighted by Gasteiger charge is 2.21. The van der Waals surface area contributed by atoms with Gasteiger partial charge in [-0.15, -0.1) is 11.8 Å². The number of nitrogens with zero attached hydrogens (tertiary/aromatic N) is 1. The first-order valence-electron chi connectivity index (χ1n) is 8.80. The Morgan fingerprint density at radius 2 is 1.82 bits per heavy atom. The number of thiazole rings is 1. The number of thioether (sulfide) groups is 1. The van der Waals surface area contributed by atoms with Gasteiger partial charge in [0, 0.05) is 10.5 Å². The molecule has 1 amide bonds. The molecule has 0 aliphatic heterocycles. The number of anilines is 1. The lowest BCUT2D eigenvalue weighted by atomic mass is 10.1. The lowest BCUT2D eigenvalue weighted by molar-refractivity contribution is -0.113. The van der Waals surface area contributed by atoms with Gasteiger partial charge < -0.3 is 10.1 Å². The van der Waals surface area contributed by atoms with Gasteiger partial charge in [0.05, 0.1) is 18.1 Å². The molecule has 1 N–H and O–H groups in total. The first kappa shape index (κ1) is 20.1. The van der Waals surface area contributed by atoms with E-state index in [-0.39, 0.29) is 18.3 Å². The van der Waals surface area contributed by atoms with Crippen LogP contribution < -0.4 is 5.32 Å². The Morgan fingerprint density at radius 3 is 2.54 bits per heavy atom. The van der Waals surface area contributed by atoms with Crippen LogP contribution in [0.15, 0.2) is 59.5 Å². The average Bonchev–Trinajstić information content (AvgIpc) is 3.12. The smallest absolute Gasteiger partial charge is 0.350 e. The van der Waals surface area contributed by atoms with Gasteiger partial charge in [-0.3, -0.25) is 4.79 Å². The third kappa shape index (κ3) is 4.99. The van der Waals surface area contributed by atoms with Crippen molar-refractivity contribution in [3.63, 3.8) is 0 Å². The molecule has 0 bridgehead atoms. The molecule has 0 fully saturated rings. The maximum Gasteiger partial charge on any atom is 0.350 e. The highest BCUT2D eigenvalue weighted by atomic mass is 32.2. The molecule has 0 aliphatic rings. The van der Waals surface area contributed by atoms with Crippen molar-refractivity contribution in [1.82, 2.24) is 4.98 Å². The molecule has 5 nitrogen and oxygen atoms in total. The summed E-state index contributed by atoms with van der Waals surface area (Å²) in [6, 6.07) is 17.3. The predicted octanol–water partition coefficient (Wildman–Crippen LogP) is 5.03. The number of ether oxygens (including phenoxy) is 1. The lowest BCUT2D eigenvalue weighted by Gasteiger charge is -2.04. The van der Waals surface area contributed by atoms with Crippen molar-refractivity contribution in [2.24, 2.45) is 0 Å². The minimum absolute atomic E-state index is 0.169. The molecule has 3 rings (SSSR count). The fourth-order valence-corrected chi connectivity index (χ4v) is 4.24. The number of aryl methyl sites for hydroxylation is 1. The topological polar surface area (TPSA) is 68.3 Å². The van der Waals surface area contributed by atoms with Gasteiger partial charge in [0.25, 0.3) is 0 Å². The van der Waals surface area contributed by atoms with Crippen LogP contribution in [0.5, 0.6) is 0 Å². The van der Waals surface area contributed by atoms with Crippen LogP contribution in [0.2, 0.25) is 0 Å². The lowest BCUT2D eigenvalue weighted by Crippen LogP contribution is -2.13. The summed E-state index contributed by atoms with van der Waals surface area (Å²) in [7, 11) is 0. The summed E-state index contributed by atoms with van der Waals surface area (Å²) in [5.74, 6) is -0.342. The molecule has 144 valence electrons. The number of hydrogen-bond donors (Lipinski definition) is 1. The number of esters is 1. The largest absolute Gasteiger partial charge is 0.462 e. The summed E-state index contributed by atoms with van der Waals surface area (Å²) in [6.45, 7) is 4.05. The Hall–Kier alpha value is -2.64. The molecule has 0 aliphatic carbocycles. The summed E-state index contributed by atoms with van der Waals surface area (Å²) in [5, 5.41) is 3.19. The maximum atomic E-state index is 12.4. The summed E-state index contributed by atoms with van der Waals surface area (Å²) < 4.78 is 5.14. The van der Waals surface area contributed by atoms with Gasteiger partial charge in [-0.25, -0.2) is 9.78 Å². The van der Waals surface area contributed by atoms with Gasteiger partial charge >= 0.3 is 5.97 Å². The summed E-state index contributed by atoms with van der Waals surface area (Å²) >= 11 is 2.60. The molecule has 0 saturated heterocycles. The highest BCUT2D eigenvalue weighted by molar-refractivity contribution is 8.00. The Balaban J connectivity index is 1.75. The summed E-state index contributed by atoms with van der Waals surface area (Å²) in [5.41, 5.74) is 2.45. The Bertz CT molecular complexity index is 971. The zero-order valence-corrected chi connectivity index (χ0v) is 17.2. The number of benzene rings is 2.